The predicted octanol–water partition coefficient (Wildman–Crippen LogP) is 1.18. The third-order valence-electron chi connectivity index (χ3n) is 2.05. The Kier molecular flexibility index (Phi) is 3.94. The molecule has 1 aliphatic heterocycles. The Balaban J connectivity index is 2.35. The summed E-state index contributed by atoms with van der Waals surface area (Å²) < 4.78 is 5.24. The molecule has 1 atom stereocenters. The summed E-state index contributed by atoms with van der Waals surface area (Å²) in [7, 11) is 0. The van der Waals surface area contributed by atoms with Gasteiger partial charge in [-0.1, -0.05) is 11.6 Å². The molecule has 0 aromatic heterocycles. The summed E-state index contributed by atoms with van der Waals surface area (Å²) in [5.74, 6) is 0. The van der Waals surface area contributed by atoms with E-state index in [0.29, 0.717) is 6.61 Å². The zero-order valence-corrected chi connectivity index (χ0v) is 8.29. The molecule has 0 amide bonds. The van der Waals surface area contributed by atoms with Crippen molar-refractivity contribution < 1.29 is 4.74 Å². The zero-order valence-electron chi connectivity index (χ0n) is 8.29. The molecule has 0 bridgehead atoms. The van der Waals surface area contributed by atoms with Crippen LogP contribution in [0.4, 0.5) is 0 Å². The minimum atomic E-state index is -0.237. The molecule has 0 aliphatic carbocycles. The normalized spacial score (nSPS) is 23.6. The molecule has 1 rings (SSSR count). The van der Waals surface area contributed by atoms with Gasteiger partial charge in [-0.3, -0.25) is 4.90 Å². The van der Waals surface area contributed by atoms with Crippen LogP contribution in [0.5, 0.6) is 0 Å². The van der Waals surface area contributed by atoms with E-state index in [-0.39, 0.29) is 6.10 Å². The van der Waals surface area contributed by atoms with Crippen LogP contribution in [-0.2, 0) is 4.74 Å². The lowest BCUT2D eigenvalue weighted by molar-refractivity contribution is 0.00509. The van der Waals surface area contributed by atoms with Crippen molar-refractivity contribution in [1.29, 1.82) is 5.26 Å². The van der Waals surface area contributed by atoms with Gasteiger partial charge in [0.1, 0.15) is 0 Å². The van der Waals surface area contributed by atoms with E-state index in [1.165, 1.54) is 5.57 Å². The Morgan fingerprint density at radius 2 is 2.46 bits per heavy atom. The standard InChI is InChI=1S/C10H16N2O/c1-9(2)3-4-12-5-6-13-10(7-11)8-12/h3,10H,4-6,8H2,1-2H3. The molecule has 0 radical (unpaired) electrons. The Bertz CT molecular complexity index is 226. The van der Waals surface area contributed by atoms with Gasteiger partial charge in [-0.2, -0.15) is 5.26 Å². The molecule has 1 aliphatic rings. The highest BCUT2D eigenvalue weighted by atomic mass is 16.5. The van der Waals surface area contributed by atoms with Crippen molar-refractivity contribution in [2.45, 2.75) is 20.0 Å². The third kappa shape index (κ3) is 3.58. The zero-order chi connectivity index (χ0) is 9.68. The minimum absolute atomic E-state index is 0.237. The first-order chi connectivity index (χ1) is 6.22. The molecule has 13 heavy (non-hydrogen) atoms. The van der Waals surface area contributed by atoms with E-state index in [2.05, 4.69) is 30.9 Å². The lowest BCUT2D eigenvalue weighted by Gasteiger charge is -2.28. The van der Waals surface area contributed by atoms with E-state index in [1.807, 2.05) is 0 Å². The lowest BCUT2D eigenvalue weighted by Crippen LogP contribution is -2.41. The maximum atomic E-state index is 8.67. The van der Waals surface area contributed by atoms with Crippen molar-refractivity contribution in [3.63, 3.8) is 0 Å². The molecule has 0 aromatic carbocycles. The molecule has 1 saturated heterocycles. The van der Waals surface area contributed by atoms with Crippen molar-refractivity contribution in [2.75, 3.05) is 26.2 Å². The number of nitriles is 1. The molecular weight excluding hydrogens is 164 g/mol. The van der Waals surface area contributed by atoms with Gasteiger partial charge in [0, 0.05) is 19.6 Å². The second kappa shape index (κ2) is 5.00. The van der Waals surface area contributed by atoms with Crippen LogP contribution in [-0.4, -0.2) is 37.2 Å². The summed E-state index contributed by atoms with van der Waals surface area (Å²) in [6, 6.07) is 2.14. The molecule has 1 heterocycles. The molecule has 1 fully saturated rings. The smallest absolute Gasteiger partial charge is 0.156 e. The molecule has 0 spiro atoms. The average molecular weight is 180 g/mol. The quantitative estimate of drug-likeness (QED) is 0.599. The number of morpholine rings is 1. The maximum absolute atomic E-state index is 8.67. The Labute approximate surface area is 79.6 Å². The average Bonchev–Trinajstić information content (AvgIpc) is 2.15. The number of rotatable bonds is 2. The SMILES string of the molecule is CC(C)=CCN1CCOC(C#N)C1. The highest BCUT2D eigenvalue weighted by Gasteiger charge is 2.18. The van der Waals surface area contributed by atoms with Crippen LogP contribution in [0.2, 0.25) is 0 Å². The van der Waals surface area contributed by atoms with Gasteiger partial charge in [0.05, 0.1) is 12.7 Å². The van der Waals surface area contributed by atoms with Crippen molar-refractivity contribution in [3.8, 4) is 6.07 Å². The number of nitrogens with zero attached hydrogens (tertiary/aromatic N) is 2. The van der Waals surface area contributed by atoms with Crippen LogP contribution in [0.15, 0.2) is 11.6 Å². The number of hydrogen-bond acceptors (Lipinski definition) is 3. The fourth-order valence-electron chi connectivity index (χ4n) is 1.26. The monoisotopic (exact) mass is 180 g/mol. The van der Waals surface area contributed by atoms with Gasteiger partial charge in [0.2, 0.25) is 0 Å². The van der Waals surface area contributed by atoms with E-state index < -0.39 is 0 Å². The second-order valence-electron chi connectivity index (χ2n) is 3.53. The first-order valence-electron chi connectivity index (χ1n) is 4.59. The van der Waals surface area contributed by atoms with Gasteiger partial charge >= 0.3 is 0 Å². The molecule has 72 valence electrons. The van der Waals surface area contributed by atoms with E-state index >= 15 is 0 Å². The largest absolute Gasteiger partial charge is 0.361 e. The van der Waals surface area contributed by atoms with Gasteiger partial charge in [-0.15, -0.1) is 0 Å². The number of hydrogen-bond donors (Lipinski definition) is 0. The van der Waals surface area contributed by atoms with Gasteiger partial charge in [-0.25, -0.2) is 0 Å². The van der Waals surface area contributed by atoms with Crippen molar-refractivity contribution in [1.82, 2.24) is 4.90 Å². The van der Waals surface area contributed by atoms with Gasteiger partial charge in [-0.05, 0) is 13.8 Å². The molecule has 1 unspecified atom stereocenters. The second-order valence-corrected chi connectivity index (χ2v) is 3.53. The van der Waals surface area contributed by atoms with Gasteiger partial charge in [0.15, 0.2) is 6.10 Å². The van der Waals surface area contributed by atoms with Crippen molar-refractivity contribution in [2.24, 2.45) is 0 Å². The molecule has 3 heteroatoms. The van der Waals surface area contributed by atoms with Crippen LogP contribution in [0, 0.1) is 11.3 Å². The number of allylic oxidation sites excluding steroid dienone is 1. The number of ether oxygens (including phenoxy) is 1. The van der Waals surface area contributed by atoms with Gasteiger partial charge in [0.25, 0.3) is 0 Å². The van der Waals surface area contributed by atoms with E-state index in [0.717, 1.165) is 19.6 Å². The van der Waals surface area contributed by atoms with Crippen molar-refractivity contribution in [3.05, 3.63) is 11.6 Å². The molecule has 0 saturated carbocycles. The van der Waals surface area contributed by atoms with E-state index in [4.69, 9.17) is 10.00 Å². The first-order valence-corrected chi connectivity index (χ1v) is 4.59. The Morgan fingerprint density at radius 3 is 3.08 bits per heavy atom. The van der Waals surface area contributed by atoms with Crippen LogP contribution in [0.25, 0.3) is 0 Å². The van der Waals surface area contributed by atoms with Crippen molar-refractivity contribution >= 4 is 0 Å². The predicted molar refractivity (Wildman–Crippen MR) is 51.2 cm³/mol. The van der Waals surface area contributed by atoms with Gasteiger partial charge < -0.3 is 4.74 Å². The van der Waals surface area contributed by atoms with Crippen LogP contribution >= 0.6 is 0 Å². The topological polar surface area (TPSA) is 36.3 Å². The summed E-state index contributed by atoms with van der Waals surface area (Å²) in [4.78, 5) is 2.24. The third-order valence-corrected chi connectivity index (χ3v) is 2.05. The van der Waals surface area contributed by atoms with E-state index in [1.54, 1.807) is 0 Å². The maximum Gasteiger partial charge on any atom is 0.156 e. The van der Waals surface area contributed by atoms with Crippen LogP contribution in [0.1, 0.15) is 13.8 Å². The highest BCUT2D eigenvalue weighted by molar-refractivity contribution is 4.97. The molecule has 0 N–H and O–H groups in total. The Morgan fingerprint density at radius 1 is 1.69 bits per heavy atom. The lowest BCUT2D eigenvalue weighted by atomic mass is 10.2. The molecular formula is C10H16N2O. The summed E-state index contributed by atoms with van der Waals surface area (Å²) in [5, 5.41) is 8.67. The summed E-state index contributed by atoms with van der Waals surface area (Å²) >= 11 is 0. The Hall–Kier alpha value is -0.850. The minimum Gasteiger partial charge on any atom is -0.361 e. The first kappa shape index (κ1) is 10.2. The fraction of sp³-hybridized carbons (Fsp3) is 0.700. The molecule has 0 aromatic rings. The van der Waals surface area contributed by atoms with Crippen LogP contribution in [0.3, 0.4) is 0 Å². The summed E-state index contributed by atoms with van der Waals surface area (Å²) in [6.07, 6.45) is 1.94. The fourth-order valence-corrected chi connectivity index (χ4v) is 1.26. The summed E-state index contributed by atoms with van der Waals surface area (Å²) in [5.41, 5.74) is 1.32. The highest BCUT2D eigenvalue weighted by Crippen LogP contribution is 2.04. The van der Waals surface area contributed by atoms with Crippen LogP contribution < -0.4 is 0 Å². The summed E-state index contributed by atoms with van der Waals surface area (Å²) in [6.45, 7) is 7.45. The van der Waals surface area contributed by atoms with E-state index in [9.17, 15) is 0 Å². The molecule has 3 nitrogen and oxygen atoms in total.